The molecule has 298 valence electrons. The highest BCUT2D eigenvalue weighted by atomic mass is 15.1. The fourth-order valence-electron chi connectivity index (χ4n) is 10.4. The zero-order valence-corrected chi connectivity index (χ0v) is 35.1. The summed E-state index contributed by atoms with van der Waals surface area (Å²) in [6, 6.07) is 80.4. The topological polar surface area (TPSA) is 8.17 Å². The van der Waals surface area contributed by atoms with Crippen LogP contribution in [0.5, 0.6) is 0 Å². The lowest BCUT2D eigenvalue weighted by atomic mass is 9.69. The third kappa shape index (κ3) is 6.09. The zero-order valence-electron chi connectivity index (χ0n) is 35.1. The summed E-state index contributed by atoms with van der Waals surface area (Å²) in [5.41, 5.74) is 13.0. The van der Waals surface area contributed by atoms with E-state index in [1.54, 1.807) is 0 Å². The summed E-state index contributed by atoms with van der Waals surface area (Å²) in [4.78, 5) is 2.47. The van der Waals surface area contributed by atoms with Crippen molar-refractivity contribution in [3.05, 3.63) is 248 Å². The van der Waals surface area contributed by atoms with E-state index in [2.05, 4.69) is 253 Å². The molecule has 0 amide bonds. The van der Waals surface area contributed by atoms with Gasteiger partial charge in [-0.1, -0.05) is 183 Å². The van der Waals surface area contributed by atoms with Crippen molar-refractivity contribution < 1.29 is 0 Å². The third-order valence-electron chi connectivity index (χ3n) is 13.4. The summed E-state index contributed by atoms with van der Waals surface area (Å²) in [5, 5.41) is 9.90. The second kappa shape index (κ2) is 14.9. The van der Waals surface area contributed by atoms with Crippen molar-refractivity contribution in [2.75, 3.05) is 4.90 Å². The highest BCUT2D eigenvalue weighted by molar-refractivity contribution is 6.19. The Kier molecular flexibility index (Phi) is 8.72. The molecule has 0 radical (unpaired) electrons. The van der Waals surface area contributed by atoms with Crippen molar-refractivity contribution in [2.45, 2.75) is 18.8 Å². The first-order valence-corrected chi connectivity index (χ1v) is 22.0. The molecule has 1 aliphatic carbocycles. The maximum Gasteiger partial charge on any atom is 0.0547 e. The average Bonchev–Trinajstić information content (AvgIpc) is 3.67. The number of allylic oxidation sites excluding steroid dienone is 4. The van der Waals surface area contributed by atoms with Gasteiger partial charge in [0, 0.05) is 38.6 Å². The smallest absolute Gasteiger partial charge is 0.0547 e. The third-order valence-corrected chi connectivity index (χ3v) is 13.4. The van der Waals surface area contributed by atoms with Gasteiger partial charge in [-0.2, -0.15) is 0 Å². The normalized spacial score (nSPS) is 15.1. The van der Waals surface area contributed by atoms with E-state index in [1.165, 1.54) is 82.0 Å². The second-order valence-electron chi connectivity index (χ2n) is 17.1. The Morgan fingerprint density at radius 2 is 1.11 bits per heavy atom. The minimum atomic E-state index is -0.169. The van der Waals surface area contributed by atoms with E-state index in [1.807, 2.05) is 0 Å². The standard InChI is InChI=1S/C61H44N2/c1-61(37-15-14-31-56(61)42-18-4-2-5-19-42)47-33-35-49(36-34-47)62(58-41-46-22-10-11-27-51(46)53-28-12-13-29-54(53)58)50-26-16-23-45(38-50)52-30-17-32-57-60(52)55-39-43-20-8-9-21-44(43)40-59(55)63(57)48-24-6-3-7-25-48/h2-36,38-41H,37H2,1H3. The number of fused-ring (bicyclic) bond motifs is 7. The first kappa shape index (κ1) is 36.9. The van der Waals surface area contributed by atoms with Gasteiger partial charge in [-0.3, -0.25) is 0 Å². The van der Waals surface area contributed by atoms with E-state index in [0.717, 1.165) is 29.2 Å². The van der Waals surface area contributed by atoms with Gasteiger partial charge in [0.25, 0.3) is 0 Å². The molecule has 0 saturated carbocycles. The van der Waals surface area contributed by atoms with Crippen LogP contribution in [0.2, 0.25) is 0 Å². The number of rotatable bonds is 7. The number of anilines is 3. The molecule has 2 nitrogen and oxygen atoms in total. The lowest BCUT2D eigenvalue weighted by molar-refractivity contribution is 0.621. The van der Waals surface area contributed by atoms with Crippen LogP contribution >= 0.6 is 0 Å². The Morgan fingerprint density at radius 3 is 1.90 bits per heavy atom. The molecule has 0 saturated heterocycles. The second-order valence-corrected chi connectivity index (χ2v) is 17.1. The van der Waals surface area contributed by atoms with Crippen LogP contribution in [0.4, 0.5) is 17.1 Å². The predicted octanol–water partition coefficient (Wildman–Crippen LogP) is 16.7. The summed E-state index contributed by atoms with van der Waals surface area (Å²) in [7, 11) is 0. The Balaban J connectivity index is 1.07. The molecule has 10 aromatic carbocycles. The summed E-state index contributed by atoms with van der Waals surface area (Å²) < 4.78 is 2.43. The molecule has 1 aromatic heterocycles. The number of para-hydroxylation sites is 1. The van der Waals surface area contributed by atoms with Crippen LogP contribution < -0.4 is 4.90 Å². The van der Waals surface area contributed by atoms with E-state index < -0.39 is 0 Å². The SMILES string of the molecule is CC1(c2ccc(N(c3cccc(-c4cccc5c4c4cc6ccccc6cc4n5-c4ccccc4)c3)c3cc4ccccc4c4ccccc34)cc2)CC=CC=C1c1ccccc1. The van der Waals surface area contributed by atoms with Crippen molar-refractivity contribution >= 4 is 76.8 Å². The van der Waals surface area contributed by atoms with Gasteiger partial charge in [-0.15, -0.1) is 0 Å². The number of nitrogens with zero attached hydrogens (tertiary/aromatic N) is 2. The molecule has 1 aliphatic rings. The molecule has 0 spiro atoms. The Morgan fingerprint density at radius 1 is 0.460 bits per heavy atom. The summed E-state index contributed by atoms with van der Waals surface area (Å²) in [5.74, 6) is 0. The average molecular weight is 805 g/mol. The molecule has 1 heterocycles. The van der Waals surface area contributed by atoms with Gasteiger partial charge in [0.2, 0.25) is 0 Å². The van der Waals surface area contributed by atoms with Crippen molar-refractivity contribution in [3.8, 4) is 16.8 Å². The largest absolute Gasteiger partial charge is 0.310 e. The molecule has 63 heavy (non-hydrogen) atoms. The van der Waals surface area contributed by atoms with E-state index in [4.69, 9.17) is 0 Å². The van der Waals surface area contributed by atoms with Crippen molar-refractivity contribution in [2.24, 2.45) is 0 Å². The van der Waals surface area contributed by atoms with Gasteiger partial charge in [0.1, 0.15) is 0 Å². The van der Waals surface area contributed by atoms with Crippen LogP contribution in [0.3, 0.4) is 0 Å². The lowest BCUT2D eigenvalue weighted by Crippen LogP contribution is -2.25. The van der Waals surface area contributed by atoms with E-state index >= 15 is 0 Å². The molecule has 0 fully saturated rings. The molecule has 12 rings (SSSR count). The number of aromatic nitrogens is 1. The lowest BCUT2D eigenvalue weighted by Gasteiger charge is -2.35. The Hall–Kier alpha value is -7.94. The number of hydrogen-bond acceptors (Lipinski definition) is 1. The van der Waals surface area contributed by atoms with Crippen LogP contribution in [-0.4, -0.2) is 4.57 Å². The van der Waals surface area contributed by atoms with E-state index in [-0.39, 0.29) is 5.41 Å². The molecular weight excluding hydrogens is 761 g/mol. The van der Waals surface area contributed by atoms with Gasteiger partial charge in [-0.25, -0.2) is 0 Å². The van der Waals surface area contributed by atoms with E-state index in [0.29, 0.717) is 0 Å². The van der Waals surface area contributed by atoms with Crippen LogP contribution in [0, 0.1) is 0 Å². The van der Waals surface area contributed by atoms with Gasteiger partial charge in [0.15, 0.2) is 0 Å². The van der Waals surface area contributed by atoms with Gasteiger partial charge in [0.05, 0.1) is 16.7 Å². The van der Waals surface area contributed by atoms with Crippen LogP contribution in [-0.2, 0) is 5.41 Å². The zero-order chi connectivity index (χ0) is 41.9. The highest BCUT2D eigenvalue weighted by Gasteiger charge is 2.32. The van der Waals surface area contributed by atoms with Gasteiger partial charge in [-0.05, 0) is 122 Å². The van der Waals surface area contributed by atoms with Crippen molar-refractivity contribution in [1.82, 2.24) is 4.57 Å². The fraction of sp³-hybridized carbons (Fsp3) is 0.0492. The summed E-state index contributed by atoms with van der Waals surface area (Å²) in [6.07, 6.45) is 7.75. The minimum Gasteiger partial charge on any atom is -0.310 e. The molecule has 11 aromatic rings. The number of benzene rings is 10. The fourth-order valence-corrected chi connectivity index (χ4v) is 10.4. The highest BCUT2D eigenvalue weighted by Crippen LogP contribution is 2.47. The molecule has 0 bridgehead atoms. The maximum absolute atomic E-state index is 2.47. The molecule has 1 unspecified atom stereocenters. The maximum atomic E-state index is 2.47. The molecular formula is C61H44N2. The molecule has 0 N–H and O–H groups in total. The first-order chi connectivity index (χ1) is 31.1. The molecule has 2 heteroatoms. The monoisotopic (exact) mass is 804 g/mol. The predicted molar refractivity (Wildman–Crippen MR) is 269 cm³/mol. The number of hydrogen-bond donors (Lipinski definition) is 0. The minimum absolute atomic E-state index is 0.169. The quantitative estimate of drug-likeness (QED) is 0.146. The van der Waals surface area contributed by atoms with Gasteiger partial charge >= 0.3 is 0 Å². The van der Waals surface area contributed by atoms with E-state index in [9.17, 15) is 0 Å². The Labute approximate surface area is 367 Å². The molecule has 1 atom stereocenters. The summed E-state index contributed by atoms with van der Waals surface area (Å²) >= 11 is 0. The summed E-state index contributed by atoms with van der Waals surface area (Å²) in [6.45, 7) is 2.39. The van der Waals surface area contributed by atoms with Crippen LogP contribution in [0.1, 0.15) is 24.5 Å². The van der Waals surface area contributed by atoms with Crippen LogP contribution in [0.25, 0.3) is 76.5 Å². The van der Waals surface area contributed by atoms with Crippen molar-refractivity contribution in [3.63, 3.8) is 0 Å². The van der Waals surface area contributed by atoms with Crippen LogP contribution in [0.15, 0.2) is 237 Å². The van der Waals surface area contributed by atoms with Crippen molar-refractivity contribution in [1.29, 1.82) is 0 Å². The first-order valence-electron chi connectivity index (χ1n) is 22.0. The Bertz CT molecular complexity index is 3590. The molecule has 0 aliphatic heterocycles. The van der Waals surface area contributed by atoms with Gasteiger partial charge < -0.3 is 9.47 Å².